The fourth-order valence-electron chi connectivity index (χ4n) is 2.42. The first kappa shape index (κ1) is 16.2. The van der Waals surface area contributed by atoms with E-state index >= 15 is 0 Å². The third kappa shape index (κ3) is 2.88. The van der Waals surface area contributed by atoms with Crippen LogP contribution in [0.4, 0.5) is 0 Å². The van der Waals surface area contributed by atoms with Crippen molar-refractivity contribution in [2.45, 2.75) is 0 Å². The lowest BCUT2D eigenvalue weighted by molar-refractivity contribution is 0.355. The van der Waals surface area contributed by atoms with Crippen LogP contribution in [-0.4, -0.2) is 42.3 Å². The lowest BCUT2D eigenvalue weighted by atomic mass is 10.3. The van der Waals surface area contributed by atoms with Gasteiger partial charge in [-0.25, -0.2) is 0 Å². The van der Waals surface area contributed by atoms with E-state index in [1.807, 2.05) is 24.3 Å². The fourth-order valence-corrected chi connectivity index (χ4v) is 4.36. The molecular formula is C16H20O5Si. The zero-order valence-corrected chi connectivity index (χ0v) is 14.3. The molecular weight excluding hydrogens is 300 g/mol. The third-order valence-corrected chi connectivity index (χ3v) is 5.54. The number of benzene rings is 2. The van der Waals surface area contributed by atoms with Gasteiger partial charge in [-0.3, -0.25) is 0 Å². The molecule has 0 bridgehead atoms. The average Bonchev–Trinajstić information content (AvgIpc) is 2.59. The first-order chi connectivity index (χ1) is 10.7. The van der Waals surface area contributed by atoms with Crippen molar-refractivity contribution >= 4 is 19.4 Å². The molecule has 0 radical (unpaired) electrons. The summed E-state index contributed by atoms with van der Waals surface area (Å²) in [6.45, 7) is 0. The summed E-state index contributed by atoms with van der Waals surface area (Å²) in [5.41, 5.74) is 0. The Morgan fingerprint density at radius 3 is 1.41 bits per heavy atom. The van der Waals surface area contributed by atoms with E-state index in [4.69, 9.17) is 18.9 Å². The largest absolute Gasteiger partial charge is 0.493 e. The Morgan fingerprint density at radius 2 is 1.09 bits per heavy atom. The lowest BCUT2D eigenvalue weighted by Gasteiger charge is -2.19. The van der Waals surface area contributed by atoms with Gasteiger partial charge in [-0.15, -0.1) is 0 Å². The molecule has 0 heterocycles. The molecule has 0 unspecified atom stereocenters. The van der Waals surface area contributed by atoms with E-state index < -0.39 is 9.04 Å². The molecule has 2 aromatic carbocycles. The maximum absolute atomic E-state index is 10.9. The highest BCUT2D eigenvalue weighted by atomic mass is 28.3. The standard InChI is InChI=1S/C16H20O5Si/c1-18-11-7-5-9-13(15(11)20-3)22(17)14-10-6-8-12(19-2)16(14)21-4/h5-10,17,22H,1-4H3. The molecule has 2 aromatic rings. The fraction of sp³-hybridized carbons (Fsp3) is 0.250. The van der Waals surface area contributed by atoms with E-state index in [1.54, 1.807) is 40.6 Å². The summed E-state index contributed by atoms with van der Waals surface area (Å²) in [7, 11) is 3.74. The van der Waals surface area contributed by atoms with E-state index in [-0.39, 0.29) is 0 Å². The molecule has 0 saturated heterocycles. The molecule has 118 valence electrons. The number of methoxy groups -OCH3 is 4. The topological polar surface area (TPSA) is 57.2 Å². The van der Waals surface area contributed by atoms with Gasteiger partial charge in [-0.1, -0.05) is 24.3 Å². The summed E-state index contributed by atoms with van der Waals surface area (Å²) in [6.07, 6.45) is 0. The van der Waals surface area contributed by atoms with Gasteiger partial charge < -0.3 is 23.7 Å². The lowest BCUT2D eigenvalue weighted by Crippen LogP contribution is -2.43. The van der Waals surface area contributed by atoms with Crippen molar-refractivity contribution in [3.8, 4) is 23.0 Å². The first-order valence-electron chi connectivity index (χ1n) is 6.77. The van der Waals surface area contributed by atoms with Gasteiger partial charge in [0, 0.05) is 10.4 Å². The highest BCUT2D eigenvalue weighted by Crippen LogP contribution is 2.27. The van der Waals surface area contributed by atoms with E-state index in [9.17, 15) is 4.80 Å². The minimum atomic E-state index is -2.53. The van der Waals surface area contributed by atoms with Crippen LogP contribution in [0.2, 0.25) is 0 Å². The Balaban J connectivity index is 2.55. The van der Waals surface area contributed by atoms with Crippen molar-refractivity contribution < 1.29 is 23.7 Å². The van der Waals surface area contributed by atoms with Crippen LogP contribution in [0.5, 0.6) is 23.0 Å². The Labute approximate surface area is 131 Å². The molecule has 6 heteroatoms. The van der Waals surface area contributed by atoms with Crippen molar-refractivity contribution in [3.05, 3.63) is 36.4 Å². The van der Waals surface area contributed by atoms with Gasteiger partial charge in [-0.05, 0) is 12.1 Å². The number of para-hydroxylation sites is 2. The summed E-state index contributed by atoms with van der Waals surface area (Å²) in [4.78, 5) is 10.9. The minimum Gasteiger partial charge on any atom is -0.493 e. The molecule has 0 amide bonds. The number of rotatable bonds is 6. The van der Waals surface area contributed by atoms with Crippen LogP contribution < -0.4 is 29.3 Å². The molecule has 2 rings (SSSR count). The van der Waals surface area contributed by atoms with Crippen molar-refractivity contribution in [1.82, 2.24) is 0 Å². The van der Waals surface area contributed by atoms with Gasteiger partial charge >= 0.3 is 0 Å². The second kappa shape index (κ2) is 7.19. The predicted molar refractivity (Wildman–Crippen MR) is 87.7 cm³/mol. The van der Waals surface area contributed by atoms with Crippen LogP contribution in [0.3, 0.4) is 0 Å². The zero-order chi connectivity index (χ0) is 16.1. The molecule has 5 nitrogen and oxygen atoms in total. The highest BCUT2D eigenvalue weighted by Gasteiger charge is 2.25. The molecule has 0 atom stereocenters. The van der Waals surface area contributed by atoms with Crippen LogP contribution in [0.1, 0.15) is 0 Å². The molecule has 0 aromatic heterocycles. The monoisotopic (exact) mass is 320 g/mol. The molecule has 0 saturated carbocycles. The van der Waals surface area contributed by atoms with Crippen molar-refractivity contribution in [2.24, 2.45) is 0 Å². The zero-order valence-electron chi connectivity index (χ0n) is 13.1. The van der Waals surface area contributed by atoms with Crippen molar-refractivity contribution in [3.63, 3.8) is 0 Å². The van der Waals surface area contributed by atoms with Crippen LogP contribution >= 0.6 is 0 Å². The summed E-state index contributed by atoms with van der Waals surface area (Å²) < 4.78 is 21.4. The quantitative estimate of drug-likeness (QED) is 0.788. The second-order valence-corrected chi connectivity index (χ2v) is 6.62. The highest BCUT2D eigenvalue weighted by molar-refractivity contribution is 6.80. The SMILES string of the molecule is COc1cccc([SiH](O)c2cccc(OC)c2OC)c1OC. The van der Waals surface area contributed by atoms with Crippen molar-refractivity contribution in [1.29, 1.82) is 0 Å². The molecule has 0 aliphatic heterocycles. The van der Waals surface area contributed by atoms with Crippen LogP contribution in [-0.2, 0) is 0 Å². The van der Waals surface area contributed by atoms with E-state index in [0.717, 1.165) is 10.4 Å². The van der Waals surface area contributed by atoms with Gasteiger partial charge in [0.25, 0.3) is 0 Å². The average molecular weight is 320 g/mol. The Bertz CT molecular complexity index is 589. The smallest absolute Gasteiger partial charge is 0.243 e. The molecule has 1 N–H and O–H groups in total. The maximum Gasteiger partial charge on any atom is 0.243 e. The van der Waals surface area contributed by atoms with Gasteiger partial charge in [0.05, 0.1) is 28.4 Å². The van der Waals surface area contributed by atoms with Gasteiger partial charge in [0.2, 0.25) is 9.04 Å². The third-order valence-electron chi connectivity index (χ3n) is 3.46. The summed E-state index contributed by atoms with van der Waals surface area (Å²) >= 11 is 0. The molecule has 0 spiro atoms. The molecule has 0 fully saturated rings. The number of hydrogen-bond donors (Lipinski definition) is 1. The molecule has 22 heavy (non-hydrogen) atoms. The van der Waals surface area contributed by atoms with Crippen LogP contribution in [0.15, 0.2) is 36.4 Å². The summed E-state index contributed by atoms with van der Waals surface area (Å²) in [5.74, 6) is 2.28. The van der Waals surface area contributed by atoms with E-state index in [2.05, 4.69) is 0 Å². The van der Waals surface area contributed by atoms with Gasteiger partial charge in [-0.2, -0.15) is 0 Å². The summed E-state index contributed by atoms with van der Waals surface area (Å²) in [5, 5.41) is 1.46. The van der Waals surface area contributed by atoms with E-state index in [1.165, 1.54) is 0 Å². The predicted octanol–water partition coefficient (Wildman–Crippen LogP) is 0.551. The Hall–Kier alpha value is -2.18. The summed E-state index contributed by atoms with van der Waals surface area (Å²) in [6, 6.07) is 11.0. The van der Waals surface area contributed by atoms with Crippen LogP contribution in [0, 0.1) is 0 Å². The first-order valence-corrected chi connectivity index (χ1v) is 8.44. The van der Waals surface area contributed by atoms with Gasteiger partial charge in [0.1, 0.15) is 0 Å². The Kier molecular flexibility index (Phi) is 5.29. The maximum atomic E-state index is 10.9. The van der Waals surface area contributed by atoms with Crippen molar-refractivity contribution in [2.75, 3.05) is 28.4 Å². The molecule has 0 aliphatic rings. The normalized spacial score (nSPS) is 10.5. The van der Waals surface area contributed by atoms with E-state index in [0.29, 0.717) is 23.0 Å². The number of hydrogen-bond acceptors (Lipinski definition) is 5. The Morgan fingerprint density at radius 1 is 0.682 bits per heavy atom. The van der Waals surface area contributed by atoms with Crippen LogP contribution in [0.25, 0.3) is 0 Å². The molecule has 0 aliphatic carbocycles. The number of ether oxygens (including phenoxy) is 4. The minimum absolute atomic E-state index is 0.550. The second-order valence-electron chi connectivity index (χ2n) is 4.57. The van der Waals surface area contributed by atoms with Gasteiger partial charge in [0.15, 0.2) is 23.0 Å².